The molecule has 1 aromatic heterocycles. The Balaban J connectivity index is 1.36. The van der Waals surface area contributed by atoms with E-state index in [0.29, 0.717) is 29.6 Å². The summed E-state index contributed by atoms with van der Waals surface area (Å²) >= 11 is 0. The van der Waals surface area contributed by atoms with E-state index < -0.39 is 0 Å². The number of aromatic nitrogens is 2. The Hall–Kier alpha value is -2.72. The zero-order valence-electron chi connectivity index (χ0n) is 18.2. The fourth-order valence-electron chi connectivity index (χ4n) is 4.72. The first-order valence-corrected chi connectivity index (χ1v) is 10.9. The standard InChI is InChI=1S/C26H31N3O/c1-19-8-7-11-23(18-19)26-27-24(30-28-26)17-14-20-12-15-22(16-13-20)25(29(2)3)21-9-5-4-6-10-21/h4-11,14,17-18,20,22,25H,12-13,15-16H2,1-3H3/b17-14+. The zero-order valence-corrected chi connectivity index (χ0v) is 18.2. The number of hydrogen-bond donors (Lipinski definition) is 0. The molecule has 1 aliphatic carbocycles. The van der Waals surface area contributed by atoms with E-state index in [4.69, 9.17) is 4.52 Å². The van der Waals surface area contributed by atoms with Crippen LogP contribution in [-0.4, -0.2) is 29.1 Å². The average molecular weight is 402 g/mol. The lowest BCUT2D eigenvalue weighted by Crippen LogP contribution is -2.30. The highest BCUT2D eigenvalue weighted by molar-refractivity contribution is 5.56. The number of rotatable bonds is 6. The van der Waals surface area contributed by atoms with E-state index in [1.807, 2.05) is 18.2 Å². The van der Waals surface area contributed by atoms with Gasteiger partial charge in [-0.3, -0.25) is 0 Å². The van der Waals surface area contributed by atoms with Crippen molar-refractivity contribution in [3.63, 3.8) is 0 Å². The van der Waals surface area contributed by atoms with E-state index in [1.54, 1.807) is 0 Å². The Labute approximate surface area is 179 Å². The molecule has 0 amide bonds. The van der Waals surface area contributed by atoms with Gasteiger partial charge in [0.25, 0.3) is 5.89 Å². The lowest BCUT2D eigenvalue weighted by atomic mass is 9.76. The molecule has 1 fully saturated rings. The number of aryl methyl sites for hydroxylation is 1. The molecule has 1 atom stereocenters. The fraction of sp³-hybridized carbons (Fsp3) is 0.385. The maximum absolute atomic E-state index is 5.44. The van der Waals surface area contributed by atoms with Crippen LogP contribution in [0.2, 0.25) is 0 Å². The summed E-state index contributed by atoms with van der Waals surface area (Å²) in [4.78, 5) is 6.92. The lowest BCUT2D eigenvalue weighted by molar-refractivity contribution is 0.159. The number of nitrogens with zero attached hydrogens (tertiary/aromatic N) is 3. The Morgan fingerprint density at radius 1 is 1.00 bits per heavy atom. The van der Waals surface area contributed by atoms with Crippen molar-refractivity contribution in [3.8, 4) is 11.4 Å². The summed E-state index contributed by atoms with van der Waals surface area (Å²) in [7, 11) is 4.40. The number of allylic oxidation sites excluding steroid dienone is 1. The van der Waals surface area contributed by atoms with Crippen LogP contribution in [0.25, 0.3) is 17.5 Å². The van der Waals surface area contributed by atoms with Gasteiger partial charge in [0.15, 0.2) is 0 Å². The maximum atomic E-state index is 5.44. The first-order chi connectivity index (χ1) is 14.6. The predicted octanol–water partition coefficient (Wildman–Crippen LogP) is 6.17. The molecular formula is C26H31N3O. The van der Waals surface area contributed by atoms with Crippen molar-refractivity contribution < 1.29 is 4.52 Å². The molecular weight excluding hydrogens is 370 g/mol. The van der Waals surface area contributed by atoms with Crippen LogP contribution >= 0.6 is 0 Å². The Morgan fingerprint density at radius 3 is 2.47 bits per heavy atom. The quantitative estimate of drug-likeness (QED) is 0.495. The molecule has 0 bridgehead atoms. The first-order valence-electron chi connectivity index (χ1n) is 10.9. The van der Waals surface area contributed by atoms with Crippen LogP contribution in [0.1, 0.15) is 48.7 Å². The van der Waals surface area contributed by atoms with Gasteiger partial charge in [-0.05, 0) is 76.2 Å². The number of hydrogen-bond acceptors (Lipinski definition) is 4. The van der Waals surface area contributed by atoms with Gasteiger partial charge >= 0.3 is 0 Å². The minimum Gasteiger partial charge on any atom is -0.334 e. The molecule has 156 valence electrons. The molecule has 0 spiro atoms. The van der Waals surface area contributed by atoms with Crippen LogP contribution in [0.15, 0.2) is 65.2 Å². The highest BCUT2D eigenvalue weighted by Gasteiger charge is 2.29. The summed E-state index contributed by atoms with van der Waals surface area (Å²) in [5, 5.41) is 4.14. The third kappa shape index (κ3) is 4.88. The van der Waals surface area contributed by atoms with Gasteiger partial charge in [0.2, 0.25) is 5.82 Å². The van der Waals surface area contributed by atoms with Gasteiger partial charge in [-0.15, -0.1) is 0 Å². The van der Waals surface area contributed by atoms with E-state index in [1.165, 1.54) is 36.8 Å². The highest BCUT2D eigenvalue weighted by atomic mass is 16.5. The van der Waals surface area contributed by atoms with Gasteiger partial charge in [-0.25, -0.2) is 0 Å². The summed E-state index contributed by atoms with van der Waals surface area (Å²) in [6.45, 7) is 2.07. The molecule has 2 aromatic carbocycles. The smallest absolute Gasteiger partial charge is 0.250 e. The molecule has 30 heavy (non-hydrogen) atoms. The van der Waals surface area contributed by atoms with Crippen LogP contribution in [0.5, 0.6) is 0 Å². The second kappa shape index (κ2) is 9.40. The molecule has 1 aliphatic rings. The Morgan fingerprint density at radius 2 is 1.77 bits per heavy atom. The third-order valence-electron chi connectivity index (χ3n) is 6.19. The van der Waals surface area contributed by atoms with E-state index in [9.17, 15) is 0 Å². The molecule has 4 rings (SSSR count). The largest absolute Gasteiger partial charge is 0.334 e. The molecule has 1 unspecified atom stereocenters. The van der Waals surface area contributed by atoms with Crippen molar-refractivity contribution in [3.05, 3.63) is 77.7 Å². The number of benzene rings is 2. The first kappa shape index (κ1) is 20.5. The van der Waals surface area contributed by atoms with E-state index >= 15 is 0 Å². The van der Waals surface area contributed by atoms with Crippen LogP contribution < -0.4 is 0 Å². The highest BCUT2D eigenvalue weighted by Crippen LogP contribution is 2.39. The Kier molecular flexibility index (Phi) is 6.44. The summed E-state index contributed by atoms with van der Waals surface area (Å²) in [5.41, 5.74) is 3.61. The molecule has 4 nitrogen and oxygen atoms in total. The van der Waals surface area contributed by atoms with Gasteiger partial charge in [0.1, 0.15) is 0 Å². The maximum Gasteiger partial charge on any atom is 0.250 e. The van der Waals surface area contributed by atoms with Crippen molar-refractivity contribution in [2.24, 2.45) is 11.8 Å². The SMILES string of the molecule is Cc1cccc(-c2noc(/C=C/C3CCC(C(c4ccccc4)N(C)C)CC3)n2)c1. The van der Waals surface area contributed by atoms with Gasteiger partial charge in [-0.2, -0.15) is 4.98 Å². The molecule has 0 saturated heterocycles. The average Bonchev–Trinajstić information content (AvgIpc) is 3.23. The van der Waals surface area contributed by atoms with Crippen LogP contribution in [0.3, 0.4) is 0 Å². The molecule has 4 heteroatoms. The van der Waals surface area contributed by atoms with Crippen molar-refractivity contribution in [1.82, 2.24) is 15.0 Å². The molecule has 3 aromatic rings. The molecule has 1 saturated carbocycles. The minimum absolute atomic E-state index is 0.490. The van der Waals surface area contributed by atoms with E-state index in [0.717, 1.165) is 5.56 Å². The molecule has 0 aliphatic heterocycles. The second-order valence-electron chi connectivity index (χ2n) is 8.68. The third-order valence-corrected chi connectivity index (χ3v) is 6.19. The monoisotopic (exact) mass is 401 g/mol. The summed E-state index contributed by atoms with van der Waals surface area (Å²) in [6, 6.07) is 19.6. The normalized spacial score (nSPS) is 20.7. The summed E-state index contributed by atoms with van der Waals surface area (Å²) in [5.74, 6) is 2.51. The lowest BCUT2D eigenvalue weighted by Gasteiger charge is -2.37. The van der Waals surface area contributed by atoms with Gasteiger partial charge in [0.05, 0.1) is 0 Å². The van der Waals surface area contributed by atoms with Gasteiger partial charge in [0, 0.05) is 11.6 Å². The molecule has 0 N–H and O–H groups in total. The van der Waals surface area contributed by atoms with Crippen LogP contribution in [-0.2, 0) is 0 Å². The van der Waals surface area contributed by atoms with E-state index in [-0.39, 0.29) is 0 Å². The predicted molar refractivity (Wildman–Crippen MR) is 122 cm³/mol. The van der Waals surface area contributed by atoms with Gasteiger partial charge in [-0.1, -0.05) is 65.3 Å². The topological polar surface area (TPSA) is 42.2 Å². The minimum atomic E-state index is 0.490. The second-order valence-corrected chi connectivity index (χ2v) is 8.68. The Bertz CT molecular complexity index is 969. The van der Waals surface area contributed by atoms with E-state index in [2.05, 4.69) is 84.6 Å². The van der Waals surface area contributed by atoms with Crippen LogP contribution in [0.4, 0.5) is 0 Å². The zero-order chi connectivity index (χ0) is 20.9. The van der Waals surface area contributed by atoms with Crippen molar-refractivity contribution in [1.29, 1.82) is 0 Å². The van der Waals surface area contributed by atoms with Crippen molar-refractivity contribution >= 4 is 6.08 Å². The van der Waals surface area contributed by atoms with Crippen molar-refractivity contribution in [2.45, 2.75) is 38.6 Å². The van der Waals surface area contributed by atoms with Gasteiger partial charge < -0.3 is 9.42 Å². The van der Waals surface area contributed by atoms with Crippen molar-refractivity contribution in [2.75, 3.05) is 14.1 Å². The summed E-state index contributed by atoms with van der Waals surface area (Å²) < 4.78 is 5.44. The summed E-state index contributed by atoms with van der Waals surface area (Å²) in [6.07, 6.45) is 9.15. The molecule has 0 radical (unpaired) electrons. The van der Waals surface area contributed by atoms with Crippen LogP contribution in [0, 0.1) is 18.8 Å². The molecule has 1 heterocycles. The fourth-order valence-corrected chi connectivity index (χ4v) is 4.72.